The quantitative estimate of drug-likeness (QED) is 0.851. The van der Waals surface area contributed by atoms with Gasteiger partial charge in [-0.25, -0.2) is 0 Å². The Morgan fingerprint density at radius 2 is 1.80 bits per heavy atom. The Labute approximate surface area is 151 Å². The summed E-state index contributed by atoms with van der Waals surface area (Å²) in [5.41, 5.74) is 8.56. The smallest absolute Gasteiger partial charge is 0.400 e. The number of nitrogens with two attached hydrogens (primary N) is 1. The molecule has 2 heterocycles. The van der Waals surface area contributed by atoms with E-state index in [4.69, 9.17) is 19.8 Å². The number of ether oxygens (including phenoxy) is 1. The molecule has 2 aliphatic rings. The van der Waals surface area contributed by atoms with Gasteiger partial charge < -0.3 is 24.7 Å². The monoisotopic (exact) mass is 344 g/mol. The molecule has 0 aliphatic carbocycles. The van der Waals surface area contributed by atoms with Gasteiger partial charge in [-0.15, -0.1) is 0 Å². The van der Waals surface area contributed by atoms with Crippen molar-refractivity contribution < 1.29 is 14.0 Å². The van der Waals surface area contributed by atoms with Crippen LogP contribution in [0.5, 0.6) is 0 Å². The van der Waals surface area contributed by atoms with Gasteiger partial charge in [0.2, 0.25) is 0 Å². The first kappa shape index (κ1) is 18.5. The maximum atomic E-state index is 6.14. The van der Waals surface area contributed by atoms with Crippen molar-refractivity contribution >= 4 is 18.9 Å². The molecule has 0 saturated carbocycles. The molecule has 25 heavy (non-hydrogen) atoms. The van der Waals surface area contributed by atoms with Crippen LogP contribution in [-0.4, -0.2) is 51.2 Å². The van der Waals surface area contributed by atoms with Crippen molar-refractivity contribution in [2.75, 3.05) is 37.7 Å². The normalized spacial score (nSPS) is 23.2. The van der Waals surface area contributed by atoms with E-state index in [0.717, 1.165) is 37.3 Å². The van der Waals surface area contributed by atoms with Crippen molar-refractivity contribution in [2.24, 2.45) is 5.73 Å². The number of hydrogen-bond donors (Lipinski definition) is 1. The first-order chi connectivity index (χ1) is 11.8. The van der Waals surface area contributed by atoms with E-state index >= 15 is 0 Å². The summed E-state index contributed by atoms with van der Waals surface area (Å²) in [5, 5.41) is 0. The van der Waals surface area contributed by atoms with Gasteiger partial charge in [0.25, 0.3) is 0 Å². The lowest BCUT2D eigenvalue weighted by atomic mass is 9.77. The molecule has 1 aromatic rings. The molecule has 0 spiro atoms. The highest BCUT2D eigenvalue weighted by Gasteiger charge is 2.52. The number of rotatable bonds is 4. The molecular formula is C19H29BN2O3. The lowest BCUT2D eigenvalue weighted by Gasteiger charge is -2.32. The molecule has 0 aromatic heterocycles. The summed E-state index contributed by atoms with van der Waals surface area (Å²) in [6.07, 6.45) is 2.09. The predicted molar refractivity (Wildman–Crippen MR) is 103 cm³/mol. The molecular weight excluding hydrogens is 315 g/mol. The van der Waals surface area contributed by atoms with Gasteiger partial charge in [-0.1, -0.05) is 18.2 Å². The molecule has 2 aliphatic heterocycles. The van der Waals surface area contributed by atoms with E-state index in [2.05, 4.69) is 62.9 Å². The van der Waals surface area contributed by atoms with Crippen LogP contribution in [0.2, 0.25) is 0 Å². The zero-order chi connectivity index (χ0) is 18.1. The van der Waals surface area contributed by atoms with E-state index < -0.39 is 7.12 Å². The van der Waals surface area contributed by atoms with Gasteiger partial charge >= 0.3 is 7.12 Å². The summed E-state index contributed by atoms with van der Waals surface area (Å²) in [4.78, 5) is 2.34. The molecule has 0 radical (unpaired) electrons. The Morgan fingerprint density at radius 1 is 1.16 bits per heavy atom. The molecule has 136 valence electrons. The minimum atomic E-state index is -0.401. The summed E-state index contributed by atoms with van der Waals surface area (Å²) in [6.45, 7) is 12.0. The van der Waals surface area contributed by atoms with E-state index in [0.29, 0.717) is 6.54 Å². The van der Waals surface area contributed by atoms with Crippen molar-refractivity contribution in [1.29, 1.82) is 0 Å². The third-order valence-electron chi connectivity index (χ3n) is 5.39. The molecule has 2 fully saturated rings. The second-order valence-corrected chi connectivity index (χ2v) is 7.71. The Bertz CT molecular complexity index is 623. The van der Waals surface area contributed by atoms with Gasteiger partial charge in [0.05, 0.1) is 24.4 Å². The van der Waals surface area contributed by atoms with Gasteiger partial charge in [-0.3, -0.25) is 0 Å². The molecule has 0 unspecified atom stereocenters. The van der Waals surface area contributed by atoms with Crippen molar-refractivity contribution in [1.82, 2.24) is 0 Å². The van der Waals surface area contributed by atoms with E-state index in [1.165, 1.54) is 5.69 Å². The second-order valence-electron chi connectivity index (χ2n) is 7.71. The fourth-order valence-corrected chi connectivity index (χ4v) is 3.06. The summed E-state index contributed by atoms with van der Waals surface area (Å²) in [7, 11) is -0.401. The third-order valence-corrected chi connectivity index (χ3v) is 5.39. The Hall–Kier alpha value is -1.34. The van der Waals surface area contributed by atoms with Crippen LogP contribution < -0.4 is 10.6 Å². The zero-order valence-electron chi connectivity index (χ0n) is 15.7. The SMILES string of the molecule is CC1(C)OB(C(=Cc2cccc(N3CCOCC3)c2)CN)OC1(C)C. The molecule has 0 bridgehead atoms. The number of anilines is 1. The number of hydrogen-bond acceptors (Lipinski definition) is 5. The molecule has 0 amide bonds. The maximum absolute atomic E-state index is 6.14. The minimum absolute atomic E-state index is 0.360. The first-order valence-electron chi connectivity index (χ1n) is 9.01. The van der Waals surface area contributed by atoms with Gasteiger partial charge in [0.1, 0.15) is 0 Å². The predicted octanol–water partition coefficient (Wildman–Crippen LogP) is 2.50. The standard InChI is InChI=1S/C19H29BN2O3/c1-18(2)19(3,4)25-20(24-18)16(14-21)12-15-6-5-7-17(13-15)22-8-10-23-11-9-22/h5-7,12-13H,8-11,14,21H2,1-4H3. The van der Waals surface area contributed by atoms with Gasteiger partial charge in [0, 0.05) is 25.3 Å². The number of morpholine rings is 1. The lowest BCUT2D eigenvalue weighted by Crippen LogP contribution is -2.41. The van der Waals surface area contributed by atoms with Crippen LogP contribution in [0.3, 0.4) is 0 Å². The Morgan fingerprint density at radius 3 is 2.40 bits per heavy atom. The van der Waals surface area contributed by atoms with Crippen LogP contribution in [0, 0.1) is 0 Å². The first-order valence-corrected chi connectivity index (χ1v) is 9.01. The van der Waals surface area contributed by atoms with Crippen LogP contribution in [0.1, 0.15) is 33.3 Å². The average Bonchev–Trinajstić information content (AvgIpc) is 2.81. The highest BCUT2D eigenvalue weighted by atomic mass is 16.7. The highest BCUT2D eigenvalue weighted by Crippen LogP contribution is 2.38. The highest BCUT2D eigenvalue weighted by molar-refractivity contribution is 6.55. The third kappa shape index (κ3) is 3.92. The summed E-state index contributed by atoms with van der Waals surface area (Å²) >= 11 is 0. The zero-order valence-corrected chi connectivity index (χ0v) is 15.7. The van der Waals surface area contributed by atoms with Crippen molar-refractivity contribution in [3.8, 4) is 0 Å². The molecule has 6 heteroatoms. The van der Waals surface area contributed by atoms with E-state index in [9.17, 15) is 0 Å². The minimum Gasteiger partial charge on any atom is -0.400 e. The Balaban J connectivity index is 1.81. The second kappa shape index (κ2) is 7.12. The summed E-state index contributed by atoms with van der Waals surface area (Å²) < 4.78 is 17.7. The van der Waals surface area contributed by atoms with Crippen LogP contribution in [-0.2, 0) is 14.0 Å². The maximum Gasteiger partial charge on any atom is 0.491 e. The number of benzene rings is 1. The van der Waals surface area contributed by atoms with E-state index in [1.54, 1.807) is 0 Å². The van der Waals surface area contributed by atoms with E-state index in [-0.39, 0.29) is 11.2 Å². The number of nitrogens with zero attached hydrogens (tertiary/aromatic N) is 1. The van der Waals surface area contributed by atoms with Gasteiger partial charge in [-0.05, 0) is 50.9 Å². The van der Waals surface area contributed by atoms with Crippen LogP contribution in [0.25, 0.3) is 6.08 Å². The van der Waals surface area contributed by atoms with Crippen LogP contribution in [0.4, 0.5) is 5.69 Å². The van der Waals surface area contributed by atoms with Crippen LogP contribution in [0.15, 0.2) is 29.7 Å². The van der Waals surface area contributed by atoms with E-state index in [1.807, 2.05) is 0 Å². The van der Waals surface area contributed by atoms with Crippen molar-refractivity contribution in [2.45, 2.75) is 38.9 Å². The summed E-state index contributed by atoms with van der Waals surface area (Å²) in [5.74, 6) is 0. The van der Waals surface area contributed by atoms with Gasteiger partial charge in [0.15, 0.2) is 0 Å². The molecule has 3 rings (SSSR count). The fourth-order valence-electron chi connectivity index (χ4n) is 3.06. The Kier molecular flexibility index (Phi) is 5.25. The van der Waals surface area contributed by atoms with Crippen LogP contribution >= 0.6 is 0 Å². The molecule has 2 N–H and O–H groups in total. The lowest BCUT2D eigenvalue weighted by molar-refractivity contribution is 0.00578. The largest absolute Gasteiger partial charge is 0.491 e. The molecule has 2 saturated heterocycles. The average molecular weight is 344 g/mol. The van der Waals surface area contributed by atoms with Crippen molar-refractivity contribution in [3.63, 3.8) is 0 Å². The summed E-state index contributed by atoms with van der Waals surface area (Å²) in [6, 6.07) is 8.49. The van der Waals surface area contributed by atoms with Gasteiger partial charge in [-0.2, -0.15) is 0 Å². The fraction of sp³-hybridized carbons (Fsp3) is 0.579. The topological polar surface area (TPSA) is 57.0 Å². The van der Waals surface area contributed by atoms with Crippen molar-refractivity contribution in [3.05, 3.63) is 35.3 Å². The molecule has 0 atom stereocenters. The molecule has 5 nitrogen and oxygen atoms in total. The molecule has 1 aromatic carbocycles.